The average Bonchev–Trinajstić information content (AvgIpc) is 3.00. The van der Waals surface area contributed by atoms with E-state index in [0.717, 1.165) is 35.6 Å². The van der Waals surface area contributed by atoms with Gasteiger partial charge in [-0.3, -0.25) is 9.36 Å². The number of nitrogens with zero attached hydrogens (tertiary/aromatic N) is 3. The third-order valence-electron chi connectivity index (χ3n) is 4.69. The number of carbonyl (C=O) groups is 1. The summed E-state index contributed by atoms with van der Waals surface area (Å²) in [7, 11) is 0. The maximum atomic E-state index is 13.5. The summed E-state index contributed by atoms with van der Waals surface area (Å²) in [6.45, 7) is -1.10. The first-order chi connectivity index (χ1) is 12.5. The Morgan fingerprint density at radius 1 is 1.35 bits per heavy atom. The van der Waals surface area contributed by atoms with Gasteiger partial charge in [0.15, 0.2) is 5.16 Å². The van der Waals surface area contributed by atoms with E-state index in [2.05, 4.69) is 16.4 Å². The summed E-state index contributed by atoms with van der Waals surface area (Å²) in [5.41, 5.74) is -0.0467. The first-order valence-corrected chi connectivity index (χ1v) is 9.49. The molecule has 8 heteroatoms. The Morgan fingerprint density at radius 3 is 2.69 bits per heavy atom. The Morgan fingerprint density at radius 2 is 2.04 bits per heavy atom. The highest BCUT2D eigenvalue weighted by Crippen LogP contribution is 2.32. The molecular weight excluding hydrogens is 358 g/mol. The number of hydrogen-bond acceptors (Lipinski definition) is 4. The summed E-state index contributed by atoms with van der Waals surface area (Å²) in [5.74, 6) is -0.327. The fraction of sp³-hybridized carbons (Fsp3) is 0.500. The zero-order valence-corrected chi connectivity index (χ0v) is 15.2. The van der Waals surface area contributed by atoms with Crippen LogP contribution in [-0.2, 0) is 4.79 Å². The monoisotopic (exact) mass is 378 g/mol. The van der Waals surface area contributed by atoms with Gasteiger partial charge < -0.3 is 5.32 Å². The molecule has 5 nitrogen and oxygen atoms in total. The number of carbonyl (C=O) groups excluding carboxylic acids is 1. The second kappa shape index (κ2) is 7.62. The van der Waals surface area contributed by atoms with Crippen LogP contribution >= 0.6 is 11.8 Å². The molecule has 1 amide bonds. The van der Waals surface area contributed by atoms with Crippen molar-refractivity contribution in [2.45, 2.75) is 61.5 Å². The van der Waals surface area contributed by atoms with Crippen molar-refractivity contribution in [1.82, 2.24) is 14.9 Å². The predicted octanol–water partition coefficient (Wildman–Crippen LogP) is 4.25. The first kappa shape index (κ1) is 18.6. The van der Waals surface area contributed by atoms with Crippen molar-refractivity contribution in [2.75, 3.05) is 0 Å². The SMILES string of the molecule is CC(Sc1nc2ccccc2n1C(F)F)C(=O)NC1(C#N)CCCCC1. The maximum Gasteiger partial charge on any atom is 0.321 e. The zero-order chi connectivity index (χ0) is 18.7. The van der Waals surface area contributed by atoms with Gasteiger partial charge in [0, 0.05) is 0 Å². The molecule has 3 rings (SSSR count). The van der Waals surface area contributed by atoms with Crippen LogP contribution in [0.25, 0.3) is 11.0 Å². The summed E-state index contributed by atoms with van der Waals surface area (Å²) in [5, 5.41) is 11.8. The van der Waals surface area contributed by atoms with Crippen LogP contribution in [0.4, 0.5) is 8.78 Å². The van der Waals surface area contributed by atoms with E-state index in [0.29, 0.717) is 23.9 Å². The van der Waals surface area contributed by atoms with E-state index in [4.69, 9.17) is 0 Å². The lowest BCUT2D eigenvalue weighted by molar-refractivity contribution is -0.122. The molecular formula is C18H20F2N4OS. The molecule has 2 aromatic rings. The first-order valence-electron chi connectivity index (χ1n) is 8.61. The van der Waals surface area contributed by atoms with Gasteiger partial charge in [0.25, 0.3) is 0 Å². The minimum atomic E-state index is -2.75. The number of aromatic nitrogens is 2. The second-order valence-corrected chi connectivity index (χ2v) is 7.84. The summed E-state index contributed by atoms with van der Waals surface area (Å²) in [6, 6.07) is 8.88. The Hall–Kier alpha value is -2.14. The van der Waals surface area contributed by atoms with Crippen LogP contribution in [0, 0.1) is 11.3 Å². The van der Waals surface area contributed by atoms with Crippen molar-refractivity contribution < 1.29 is 13.6 Å². The molecule has 1 heterocycles. The highest BCUT2D eigenvalue weighted by Gasteiger charge is 2.35. The van der Waals surface area contributed by atoms with Crippen molar-refractivity contribution in [3.8, 4) is 6.07 Å². The Balaban J connectivity index is 1.78. The second-order valence-electron chi connectivity index (χ2n) is 6.53. The molecule has 1 atom stereocenters. The number of benzene rings is 1. The number of nitriles is 1. The van der Waals surface area contributed by atoms with Crippen LogP contribution in [0.1, 0.15) is 45.6 Å². The van der Waals surface area contributed by atoms with Crippen LogP contribution in [0.2, 0.25) is 0 Å². The number of alkyl halides is 2. The number of amides is 1. The number of thioether (sulfide) groups is 1. The molecule has 0 bridgehead atoms. The minimum absolute atomic E-state index is 0.0958. The minimum Gasteiger partial charge on any atom is -0.337 e. The van der Waals surface area contributed by atoms with E-state index in [1.54, 1.807) is 31.2 Å². The Bertz CT molecular complexity index is 839. The molecule has 1 aromatic heterocycles. The van der Waals surface area contributed by atoms with Crippen molar-refractivity contribution in [3.05, 3.63) is 24.3 Å². The van der Waals surface area contributed by atoms with E-state index >= 15 is 0 Å². The largest absolute Gasteiger partial charge is 0.337 e. The molecule has 0 saturated heterocycles. The summed E-state index contributed by atoms with van der Waals surface area (Å²) >= 11 is 0.981. The molecule has 0 spiro atoms. The fourth-order valence-electron chi connectivity index (χ4n) is 3.26. The van der Waals surface area contributed by atoms with Crippen LogP contribution in [0.15, 0.2) is 29.4 Å². The highest BCUT2D eigenvalue weighted by molar-refractivity contribution is 8.00. The van der Waals surface area contributed by atoms with Gasteiger partial charge in [0.05, 0.1) is 22.4 Å². The zero-order valence-electron chi connectivity index (χ0n) is 14.4. The van der Waals surface area contributed by atoms with Crippen LogP contribution in [0.3, 0.4) is 0 Å². The Labute approximate surface area is 154 Å². The topological polar surface area (TPSA) is 70.7 Å². The average molecular weight is 378 g/mol. The molecule has 1 aromatic carbocycles. The van der Waals surface area contributed by atoms with Gasteiger partial charge in [-0.25, -0.2) is 4.98 Å². The van der Waals surface area contributed by atoms with Crippen molar-refractivity contribution >= 4 is 28.7 Å². The van der Waals surface area contributed by atoms with Crippen LogP contribution in [-0.4, -0.2) is 26.2 Å². The third-order valence-corrected chi connectivity index (χ3v) is 5.76. The molecule has 0 radical (unpaired) electrons. The van der Waals surface area contributed by atoms with E-state index in [9.17, 15) is 18.8 Å². The molecule has 138 valence electrons. The Kier molecular flexibility index (Phi) is 5.47. The van der Waals surface area contributed by atoms with Crippen LogP contribution < -0.4 is 5.32 Å². The smallest absolute Gasteiger partial charge is 0.321 e. The molecule has 1 aliphatic carbocycles. The van der Waals surface area contributed by atoms with Gasteiger partial charge in [0.1, 0.15) is 5.54 Å². The molecule has 0 aliphatic heterocycles. The molecule has 1 N–H and O–H groups in total. The summed E-state index contributed by atoms with van der Waals surface area (Å²) < 4.78 is 27.8. The van der Waals surface area contributed by atoms with E-state index in [1.165, 1.54) is 0 Å². The van der Waals surface area contributed by atoms with Crippen molar-refractivity contribution in [3.63, 3.8) is 0 Å². The third kappa shape index (κ3) is 3.68. The highest BCUT2D eigenvalue weighted by atomic mass is 32.2. The number of para-hydroxylation sites is 2. The van der Waals surface area contributed by atoms with E-state index in [1.807, 2.05) is 0 Å². The maximum absolute atomic E-state index is 13.5. The van der Waals surface area contributed by atoms with Crippen LogP contribution in [0.5, 0.6) is 0 Å². The lowest BCUT2D eigenvalue weighted by Crippen LogP contribution is -2.51. The van der Waals surface area contributed by atoms with Crippen molar-refractivity contribution in [1.29, 1.82) is 5.26 Å². The number of nitrogens with one attached hydrogen (secondary N) is 1. The predicted molar refractivity (Wildman–Crippen MR) is 95.9 cm³/mol. The number of imidazole rings is 1. The fourth-order valence-corrected chi connectivity index (χ4v) is 4.19. The van der Waals surface area contributed by atoms with E-state index < -0.39 is 17.3 Å². The van der Waals surface area contributed by atoms with Crippen molar-refractivity contribution in [2.24, 2.45) is 0 Å². The van der Waals surface area contributed by atoms with Gasteiger partial charge in [0.2, 0.25) is 5.91 Å². The van der Waals surface area contributed by atoms with Gasteiger partial charge in [-0.05, 0) is 31.9 Å². The summed E-state index contributed by atoms with van der Waals surface area (Å²) in [4.78, 5) is 16.8. The van der Waals surface area contributed by atoms with E-state index in [-0.39, 0.29) is 11.1 Å². The molecule has 1 unspecified atom stereocenters. The number of rotatable bonds is 5. The lowest BCUT2D eigenvalue weighted by atomic mass is 9.83. The van der Waals surface area contributed by atoms with Gasteiger partial charge in [-0.2, -0.15) is 14.0 Å². The molecule has 26 heavy (non-hydrogen) atoms. The normalized spacial score (nSPS) is 17.8. The molecule has 1 fully saturated rings. The lowest BCUT2D eigenvalue weighted by Gasteiger charge is -2.32. The molecule has 1 saturated carbocycles. The van der Waals surface area contributed by atoms with Gasteiger partial charge in [-0.1, -0.05) is 43.2 Å². The number of hydrogen-bond donors (Lipinski definition) is 1. The number of fused-ring (bicyclic) bond motifs is 1. The quantitative estimate of drug-likeness (QED) is 0.790. The standard InChI is InChI=1S/C18H20F2N4OS/c1-12(15(25)23-18(11-21)9-5-2-6-10-18)26-17-22-13-7-3-4-8-14(13)24(17)16(19)20/h3-4,7-8,12,16H,2,5-6,9-10H2,1H3,(H,23,25). The molecule has 1 aliphatic rings. The van der Waals surface area contributed by atoms with Gasteiger partial charge >= 0.3 is 6.55 Å². The summed E-state index contributed by atoms with van der Waals surface area (Å²) in [6.07, 6.45) is 4.11. The van der Waals surface area contributed by atoms with Gasteiger partial charge in [-0.15, -0.1) is 0 Å². The number of halogens is 2.